The highest BCUT2D eigenvalue weighted by Gasteiger charge is 2.08. The summed E-state index contributed by atoms with van der Waals surface area (Å²) in [5, 5.41) is 0. The second-order valence-electron chi connectivity index (χ2n) is 3.28. The molecule has 0 aromatic heterocycles. The number of allylic oxidation sites excluding steroid dienone is 2. The topological polar surface area (TPSA) is 35.5 Å². The van der Waals surface area contributed by atoms with E-state index in [0.717, 1.165) is 6.42 Å². The zero-order valence-electron chi connectivity index (χ0n) is 8.66. The Balaban J connectivity index is 2.19. The van der Waals surface area contributed by atoms with Crippen LogP contribution in [0.25, 0.3) is 0 Å². The van der Waals surface area contributed by atoms with Gasteiger partial charge < -0.3 is 9.47 Å². The van der Waals surface area contributed by atoms with E-state index in [0.29, 0.717) is 13.0 Å². The van der Waals surface area contributed by atoms with Crippen molar-refractivity contribution in [2.45, 2.75) is 25.9 Å². The summed E-state index contributed by atoms with van der Waals surface area (Å²) >= 11 is 0. The second-order valence-corrected chi connectivity index (χ2v) is 3.28. The monoisotopic (exact) mass is 196 g/mol. The Morgan fingerprint density at radius 3 is 3.07 bits per heavy atom. The predicted octanol–water partition coefficient (Wildman–Crippen LogP) is 1.84. The lowest BCUT2D eigenvalue weighted by Gasteiger charge is -2.15. The lowest BCUT2D eigenvalue weighted by molar-refractivity contribution is -0.142. The Morgan fingerprint density at radius 2 is 2.43 bits per heavy atom. The van der Waals surface area contributed by atoms with E-state index in [1.807, 2.05) is 6.92 Å². The van der Waals surface area contributed by atoms with E-state index in [1.165, 1.54) is 12.7 Å². The van der Waals surface area contributed by atoms with E-state index in [2.05, 4.69) is 23.0 Å². The van der Waals surface area contributed by atoms with Gasteiger partial charge in [0.05, 0.1) is 26.2 Å². The van der Waals surface area contributed by atoms with Gasteiger partial charge in [-0.25, -0.2) is 0 Å². The highest BCUT2D eigenvalue weighted by molar-refractivity contribution is 5.69. The van der Waals surface area contributed by atoms with Crippen LogP contribution in [0.3, 0.4) is 0 Å². The normalized spacial score (nSPS) is 20.4. The molecule has 0 saturated carbocycles. The number of ether oxygens (including phenoxy) is 2. The van der Waals surface area contributed by atoms with E-state index in [9.17, 15) is 4.79 Å². The van der Waals surface area contributed by atoms with Gasteiger partial charge in [0, 0.05) is 0 Å². The summed E-state index contributed by atoms with van der Waals surface area (Å²) in [7, 11) is 1.38. The summed E-state index contributed by atoms with van der Waals surface area (Å²) in [5.41, 5.74) is 1.21. The summed E-state index contributed by atoms with van der Waals surface area (Å²) < 4.78 is 10.0. The van der Waals surface area contributed by atoms with Crippen molar-refractivity contribution in [3.8, 4) is 0 Å². The molecule has 0 amide bonds. The van der Waals surface area contributed by atoms with Crippen molar-refractivity contribution in [2.24, 2.45) is 0 Å². The van der Waals surface area contributed by atoms with Gasteiger partial charge in [-0.3, -0.25) is 4.79 Å². The molecule has 0 spiro atoms. The summed E-state index contributed by atoms with van der Waals surface area (Å²) in [5.74, 6) is -0.225. The maximum atomic E-state index is 10.8. The molecule has 1 aliphatic rings. The molecule has 0 N–H and O–H groups in total. The number of esters is 1. The van der Waals surface area contributed by atoms with Crippen LogP contribution >= 0.6 is 0 Å². The van der Waals surface area contributed by atoms with Crippen LogP contribution in [0.5, 0.6) is 0 Å². The van der Waals surface area contributed by atoms with Crippen molar-refractivity contribution in [3.05, 3.63) is 23.8 Å². The van der Waals surface area contributed by atoms with Crippen molar-refractivity contribution in [1.82, 2.24) is 0 Å². The van der Waals surface area contributed by atoms with E-state index >= 15 is 0 Å². The molecule has 0 aliphatic heterocycles. The minimum Gasteiger partial charge on any atom is -0.469 e. The number of rotatable bonds is 4. The number of methoxy groups -OCH3 is 1. The van der Waals surface area contributed by atoms with Crippen molar-refractivity contribution < 1.29 is 14.3 Å². The molecule has 1 unspecified atom stereocenters. The third kappa shape index (κ3) is 3.75. The Kier molecular flexibility index (Phi) is 4.40. The molecule has 0 fully saturated rings. The third-order valence-electron chi connectivity index (χ3n) is 2.06. The van der Waals surface area contributed by atoms with Gasteiger partial charge in [-0.1, -0.05) is 23.8 Å². The Hall–Kier alpha value is -1.09. The van der Waals surface area contributed by atoms with Gasteiger partial charge >= 0.3 is 5.97 Å². The molecule has 1 aliphatic carbocycles. The molecule has 1 atom stereocenters. The van der Waals surface area contributed by atoms with Gasteiger partial charge in [-0.05, 0) is 13.3 Å². The predicted molar refractivity (Wildman–Crippen MR) is 53.9 cm³/mol. The van der Waals surface area contributed by atoms with Gasteiger partial charge in [0.1, 0.15) is 0 Å². The second kappa shape index (κ2) is 5.60. The summed E-state index contributed by atoms with van der Waals surface area (Å²) in [6.07, 6.45) is 7.54. The van der Waals surface area contributed by atoms with Gasteiger partial charge in [0.2, 0.25) is 0 Å². The van der Waals surface area contributed by atoms with E-state index < -0.39 is 0 Å². The smallest absolute Gasteiger partial charge is 0.307 e. The average molecular weight is 196 g/mol. The molecule has 0 saturated heterocycles. The lowest BCUT2D eigenvalue weighted by Crippen LogP contribution is -2.15. The first-order valence-corrected chi connectivity index (χ1v) is 4.75. The maximum Gasteiger partial charge on any atom is 0.307 e. The molecule has 1 rings (SSSR count). The Bertz CT molecular complexity index is 253. The molecule has 3 heteroatoms. The lowest BCUT2D eigenvalue weighted by atomic mass is 10.1. The molecule has 14 heavy (non-hydrogen) atoms. The average Bonchev–Trinajstić information content (AvgIpc) is 2.17. The van der Waals surface area contributed by atoms with E-state index in [4.69, 9.17) is 4.74 Å². The highest BCUT2D eigenvalue weighted by atomic mass is 16.5. The third-order valence-corrected chi connectivity index (χ3v) is 2.06. The molecule has 3 nitrogen and oxygen atoms in total. The summed E-state index contributed by atoms with van der Waals surface area (Å²) in [6.45, 7) is 2.46. The highest BCUT2D eigenvalue weighted by Crippen LogP contribution is 2.12. The van der Waals surface area contributed by atoms with Gasteiger partial charge in [-0.2, -0.15) is 0 Å². The largest absolute Gasteiger partial charge is 0.469 e. The zero-order chi connectivity index (χ0) is 10.4. The van der Waals surface area contributed by atoms with Crippen LogP contribution in [0.2, 0.25) is 0 Å². The number of hydrogen-bond donors (Lipinski definition) is 0. The molecule has 0 bridgehead atoms. The van der Waals surface area contributed by atoms with Crippen molar-refractivity contribution in [2.75, 3.05) is 13.7 Å². The number of carbonyl (C=O) groups excluding carboxylic acids is 1. The first-order valence-electron chi connectivity index (χ1n) is 4.75. The van der Waals surface area contributed by atoms with Crippen LogP contribution in [0, 0.1) is 0 Å². The SMILES string of the molecule is COC(=O)CCOC1C=C(C)C=CC1. The zero-order valence-corrected chi connectivity index (χ0v) is 8.66. The van der Waals surface area contributed by atoms with Crippen LogP contribution in [0.4, 0.5) is 0 Å². The minimum atomic E-state index is -0.225. The fraction of sp³-hybridized carbons (Fsp3) is 0.545. The molecular formula is C11H16O3. The van der Waals surface area contributed by atoms with Gasteiger partial charge in [-0.15, -0.1) is 0 Å². The number of hydrogen-bond acceptors (Lipinski definition) is 3. The summed E-state index contributed by atoms with van der Waals surface area (Å²) in [6, 6.07) is 0. The Morgan fingerprint density at radius 1 is 1.64 bits per heavy atom. The van der Waals surface area contributed by atoms with Gasteiger partial charge in [0.15, 0.2) is 0 Å². The maximum absolute atomic E-state index is 10.8. The first kappa shape index (κ1) is 11.0. The van der Waals surface area contributed by atoms with Crippen LogP contribution in [0.1, 0.15) is 19.8 Å². The van der Waals surface area contributed by atoms with E-state index in [1.54, 1.807) is 0 Å². The van der Waals surface area contributed by atoms with Crippen LogP contribution < -0.4 is 0 Å². The van der Waals surface area contributed by atoms with Crippen molar-refractivity contribution in [3.63, 3.8) is 0 Å². The van der Waals surface area contributed by atoms with Crippen LogP contribution in [-0.2, 0) is 14.3 Å². The van der Waals surface area contributed by atoms with Crippen molar-refractivity contribution in [1.29, 1.82) is 0 Å². The molecular weight excluding hydrogens is 180 g/mol. The fourth-order valence-corrected chi connectivity index (χ4v) is 1.32. The molecule has 78 valence electrons. The van der Waals surface area contributed by atoms with Crippen LogP contribution in [-0.4, -0.2) is 25.8 Å². The minimum absolute atomic E-state index is 0.115. The standard InChI is InChI=1S/C11H16O3/c1-9-4-3-5-10(8-9)14-7-6-11(12)13-2/h3-4,8,10H,5-7H2,1-2H3. The van der Waals surface area contributed by atoms with E-state index in [-0.39, 0.29) is 12.1 Å². The molecule has 0 aromatic rings. The number of carbonyl (C=O) groups is 1. The first-order chi connectivity index (χ1) is 6.72. The summed E-state index contributed by atoms with van der Waals surface area (Å²) in [4.78, 5) is 10.8. The van der Waals surface area contributed by atoms with Crippen LogP contribution in [0.15, 0.2) is 23.8 Å². The Labute approximate surface area is 84.4 Å². The molecule has 0 heterocycles. The molecule has 0 aromatic carbocycles. The van der Waals surface area contributed by atoms with Crippen molar-refractivity contribution >= 4 is 5.97 Å². The van der Waals surface area contributed by atoms with Gasteiger partial charge in [0.25, 0.3) is 0 Å². The fourth-order valence-electron chi connectivity index (χ4n) is 1.32. The molecule has 0 radical (unpaired) electrons. The quantitative estimate of drug-likeness (QED) is 0.643.